The minimum atomic E-state index is 0. The number of benzene rings is 1. The first-order valence-corrected chi connectivity index (χ1v) is 9.71. The molecule has 8 heteroatoms. The maximum absolute atomic E-state index is 5.81. The van der Waals surface area contributed by atoms with Crippen LogP contribution in [0.15, 0.2) is 53.7 Å². The molecular formula is C21H29IN6O. The molecule has 0 fully saturated rings. The Kier molecular flexibility index (Phi) is 9.17. The zero-order valence-corrected chi connectivity index (χ0v) is 19.5. The SMILES string of the molecule is CCNC(=NCc1nnc2ccccn12)NCCOc1ccc(C(C)C)cc1.I. The van der Waals surface area contributed by atoms with Crippen LogP contribution in [0.5, 0.6) is 5.75 Å². The number of ether oxygens (including phenoxy) is 1. The van der Waals surface area contributed by atoms with Crippen molar-refractivity contribution in [2.45, 2.75) is 33.2 Å². The fraction of sp³-hybridized carbons (Fsp3) is 0.381. The van der Waals surface area contributed by atoms with Gasteiger partial charge in [0.05, 0.1) is 6.54 Å². The smallest absolute Gasteiger partial charge is 0.191 e. The van der Waals surface area contributed by atoms with Crippen molar-refractivity contribution < 1.29 is 4.74 Å². The minimum Gasteiger partial charge on any atom is -0.492 e. The fourth-order valence-electron chi connectivity index (χ4n) is 2.78. The molecule has 0 bridgehead atoms. The number of pyridine rings is 1. The molecule has 0 saturated carbocycles. The van der Waals surface area contributed by atoms with Crippen LogP contribution < -0.4 is 15.4 Å². The average molecular weight is 508 g/mol. The van der Waals surface area contributed by atoms with E-state index in [1.165, 1.54) is 5.56 Å². The van der Waals surface area contributed by atoms with E-state index in [1.54, 1.807) is 0 Å². The normalized spacial score (nSPS) is 11.4. The number of aliphatic imine (C=N–C) groups is 1. The quantitative estimate of drug-likeness (QED) is 0.211. The second-order valence-corrected chi connectivity index (χ2v) is 6.74. The van der Waals surface area contributed by atoms with Crippen molar-refractivity contribution in [2.75, 3.05) is 19.7 Å². The predicted molar refractivity (Wildman–Crippen MR) is 127 cm³/mol. The van der Waals surface area contributed by atoms with E-state index in [1.807, 2.05) is 47.9 Å². The summed E-state index contributed by atoms with van der Waals surface area (Å²) in [4.78, 5) is 4.60. The van der Waals surface area contributed by atoms with E-state index < -0.39 is 0 Å². The van der Waals surface area contributed by atoms with Gasteiger partial charge in [0, 0.05) is 12.7 Å². The summed E-state index contributed by atoms with van der Waals surface area (Å²) >= 11 is 0. The molecular weight excluding hydrogens is 479 g/mol. The van der Waals surface area contributed by atoms with Crippen molar-refractivity contribution in [2.24, 2.45) is 4.99 Å². The molecule has 0 saturated heterocycles. The Bertz CT molecular complexity index is 907. The topological polar surface area (TPSA) is 75.8 Å². The summed E-state index contributed by atoms with van der Waals surface area (Å²) in [6, 6.07) is 14.1. The number of nitrogens with one attached hydrogen (secondary N) is 2. The van der Waals surface area contributed by atoms with Crippen molar-refractivity contribution in [1.82, 2.24) is 25.2 Å². The maximum atomic E-state index is 5.81. The fourth-order valence-corrected chi connectivity index (χ4v) is 2.78. The lowest BCUT2D eigenvalue weighted by atomic mass is 10.0. The second-order valence-electron chi connectivity index (χ2n) is 6.74. The van der Waals surface area contributed by atoms with E-state index in [2.05, 4.69) is 51.8 Å². The molecule has 3 aromatic rings. The second kappa shape index (κ2) is 11.6. The van der Waals surface area contributed by atoms with Gasteiger partial charge in [-0.3, -0.25) is 4.40 Å². The van der Waals surface area contributed by atoms with Crippen LogP contribution in [0, 0.1) is 0 Å². The molecule has 2 heterocycles. The summed E-state index contributed by atoms with van der Waals surface area (Å²) in [7, 11) is 0. The van der Waals surface area contributed by atoms with E-state index >= 15 is 0 Å². The molecule has 0 aliphatic rings. The van der Waals surface area contributed by atoms with Crippen LogP contribution in [-0.2, 0) is 6.54 Å². The number of nitrogens with zero attached hydrogens (tertiary/aromatic N) is 4. The van der Waals surface area contributed by atoms with Gasteiger partial charge in [-0.1, -0.05) is 32.0 Å². The minimum absolute atomic E-state index is 0. The molecule has 3 rings (SSSR count). The number of fused-ring (bicyclic) bond motifs is 1. The number of hydrogen-bond donors (Lipinski definition) is 2. The third-order valence-corrected chi connectivity index (χ3v) is 4.32. The average Bonchev–Trinajstić information content (AvgIpc) is 3.13. The van der Waals surface area contributed by atoms with Gasteiger partial charge in [-0.15, -0.1) is 34.2 Å². The maximum Gasteiger partial charge on any atom is 0.191 e. The van der Waals surface area contributed by atoms with Crippen molar-refractivity contribution in [3.8, 4) is 5.75 Å². The Morgan fingerprint density at radius 1 is 1.10 bits per heavy atom. The molecule has 156 valence electrons. The van der Waals surface area contributed by atoms with Crippen molar-refractivity contribution in [1.29, 1.82) is 0 Å². The highest BCUT2D eigenvalue weighted by molar-refractivity contribution is 14.0. The molecule has 1 aromatic carbocycles. The largest absolute Gasteiger partial charge is 0.492 e. The predicted octanol–water partition coefficient (Wildman–Crippen LogP) is 3.60. The highest BCUT2D eigenvalue weighted by atomic mass is 127. The van der Waals surface area contributed by atoms with Crippen LogP contribution in [0.2, 0.25) is 0 Å². The zero-order chi connectivity index (χ0) is 19.8. The first kappa shape index (κ1) is 22.9. The highest BCUT2D eigenvalue weighted by Gasteiger charge is 2.05. The van der Waals surface area contributed by atoms with Crippen molar-refractivity contribution in [3.05, 3.63) is 60.0 Å². The van der Waals surface area contributed by atoms with E-state index in [4.69, 9.17) is 4.74 Å². The molecule has 2 aromatic heterocycles. The number of aromatic nitrogens is 3. The van der Waals surface area contributed by atoms with Crippen LogP contribution in [0.1, 0.15) is 38.1 Å². The Morgan fingerprint density at radius 3 is 2.62 bits per heavy atom. The van der Waals surface area contributed by atoms with Gasteiger partial charge in [-0.2, -0.15) is 0 Å². The molecule has 29 heavy (non-hydrogen) atoms. The molecule has 0 atom stereocenters. The molecule has 0 radical (unpaired) electrons. The lowest BCUT2D eigenvalue weighted by molar-refractivity contribution is 0.322. The summed E-state index contributed by atoms with van der Waals surface area (Å²) in [5.74, 6) is 2.93. The van der Waals surface area contributed by atoms with Gasteiger partial charge in [0.25, 0.3) is 0 Å². The first-order chi connectivity index (χ1) is 13.7. The Hall–Kier alpha value is -2.36. The summed E-state index contributed by atoms with van der Waals surface area (Å²) in [5, 5.41) is 14.9. The van der Waals surface area contributed by atoms with E-state index in [0.717, 1.165) is 29.7 Å². The summed E-state index contributed by atoms with van der Waals surface area (Å²) < 4.78 is 7.75. The van der Waals surface area contributed by atoms with E-state index in [9.17, 15) is 0 Å². The number of hydrogen-bond acceptors (Lipinski definition) is 4. The van der Waals surface area contributed by atoms with E-state index in [-0.39, 0.29) is 24.0 Å². The number of guanidine groups is 1. The Balaban J connectivity index is 0.00000300. The Labute approximate surface area is 189 Å². The van der Waals surface area contributed by atoms with Crippen molar-refractivity contribution >= 4 is 35.6 Å². The van der Waals surface area contributed by atoms with Gasteiger partial charge in [0.15, 0.2) is 17.4 Å². The van der Waals surface area contributed by atoms with Crippen LogP contribution in [0.3, 0.4) is 0 Å². The van der Waals surface area contributed by atoms with Gasteiger partial charge in [-0.05, 0) is 42.7 Å². The molecule has 0 aliphatic carbocycles. The van der Waals surface area contributed by atoms with Gasteiger partial charge >= 0.3 is 0 Å². The van der Waals surface area contributed by atoms with Gasteiger partial charge < -0.3 is 15.4 Å². The van der Waals surface area contributed by atoms with Gasteiger partial charge in [-0.25, -0.2) is 4.99 Å². The Morgan fingerprint density at radius 2 is 1.90 bits per heavy atom. The van der Waals surface area contributed by atoms with Gasteiger partial charge in [0.2, 0.25) is 0 Å². The van der Waals surface area contributed by atoms with Crippen LogP contribution in [0.25, 0.3) is 5.65 Å². The molecule has 7 nitrogen and oxygen atoms in total. The molecule has 0 amide bonds. The van der Waals surface area contributed by atoms with Crippen LogP contribution in [0.4, 0.5) is 0 Å². The monoisotopic (exact) mass is 508 g/mol. The lowest BCUT2D eigenvalue weighted by Gasteiger charge is -2.12. The van der Waals surface area contributed by atoms with E-state index in [0.29, 0.717) is 25.6 Å². The number of rotatable bonds is 8. The molecule has 2 N–H and O–H groups in total. The summed E-state index contributed by atoms with van der Waals surface area (Å²) in [6.07, 6.45) is 1.94. The molecule has 0 aliphatic heterocycles. The standard InChI is InChI=1S/C21H28N6O.HI/c1-4-22-21(24-15-20-26-25-19-7-5-6-13-27(19)20)23-12-14-28-18-10-8-17(9-11-18)16(2)3;/h5-11,13,16H,4,12,14-15H2,1-3H3,(H2,22,23,24);1H. The van der Waals surface area contributed by atoms with Crippen molar-refractivity contribution in [3.63, 3.8) is 0 Å². The third-order valence-electron chi connectivity index (χ3n) is 4.32. The molecule has 0 unspecified atom stereocenters. The first-order valence-electron chi connectivity index (χ1n) is 9.71. The summed E-state index contributed by atoms with van der Waals surface area (Å²) in [5.41, 5.74) is 2.13. The zero-order valence-electron chi connectivity index (χ0n) is 17.1. The lowest BCUT2D eigenvalue weighted by Crippen LogP contribution is -2.39. The van der Waals surface area contributed by atoms with Gasteiger partial charge in [0.1, 0.15) is 18.9 Å². The third kappa shape index (κ3) is 6.59. The molecule has 0 spiro atoms. The van der Waals surface area contributed by atoms with Crippen LogP contribution in [-0.4, -0.2) is 40.3 Å². The van der Waals surface area contributed by atoms with Crippen LogP contribution >= 0.6 is 24.0 Å². The highest BCUT2D eigenvalue weighted by Crippen LogP contribution is 2.18. The number of halogens is 1. The summed E-state index contributed by atoms with van der Waals surface area (Å²) in [6.45, 7) is 8.84.